The van der Waals surface area contributed by atoms with Crippen molar-refractivity contribution in [2.75, 3.05) is 39.5 Å². The van der Waals surface area contributed by atoms with E-state index >= 15 is 0 Å². The fourth-order valence-corrected chi connectivity index (χ4v) is 12.3. The van der Waals surface area contributed by atoms with Gasteiger partial charge in [0, 0.05) is 19.3 Å². The van der Waals surface area contributed by atoms with Crippen LogP contribution in [-0.4, -0.2) is 62.3 Å². The van der Waals surface area contributed by atoms with E-state index < -0.39 is 0 Å². The Morgan fingerprint density at radius 1 is 0.441 bits per heavy atom. The summed E-state index contributed by atoms with van der Waals surface area (Å²) in [5.41, 5.74) is 0.397. The van der Waals surface area contributed by atoms with Crippen LogP contribution in [0.1, 0.15) is 259 Å². The molecule has 0 aliphatic heterocycles. The number of hydrogen-bond donors (Lipinski definition) is 0. The number of fused-ring (bicyclic) bond motifs is 1. The first-order valence-corrected chi connectivity index (χ1v) is 29.0. The lowest BCUT2D eigenvalue weighted by molar-refractivity contribution is -0.146. The molecule has 4 bridgehead atoms. The Kier molecular flexibility index (Phi) is 32.6. The van der Waals surface area contributed by atoms with Gasteiger partial charge in [0.25, 0.3) is 0 Å². The molecule has 4 atom stereocenters. The van der Waals surface area contributed by atoms with Crippen LogP contribution in [0.5, 0.6) is 0 Å². The molecule has 7 heteroatoms. The molecule has 4 saturated carbocycles. The highest BCUT2D eigenvalue weighted by molar-refractivity contribution is 5.70. The third-order valence-corrected chi connectivity index (χ3v) is 15.9. The van der Waals surface area contributed by atoms with Crippen molar-refractivity contribution in [3.05, 3.63) is 48.6 Å². The van der Waals surface area contributed by atoms with Crippen LogP contribution in [0, 0.1) is 22.2 Å². The van der Waals surface area contributed by atoms with E-state index in [2.05, 4.69) is 81.2 Å². The third kappa shape index (κ3) is 26.5. The summed E-state index contributed by atoms with van der Waals surface area (Å²) in [6.07, 6.45) is 57.4. The molecule has 0 spiro atoms. The summed E-state index contributed by atoms with van der Waals surface area (Å²) in [6, 6.07) is 0. The minimum Gasteiger partial charge on any atom is -0.466 e. The quantitative estimate of drug-likeness (QED) is 0.0261. The zero-order valence-corrected chi connectivity index (χ0v) is 44.8. The van der Waals surface area contributed by atoms with E-state index in [0.29, 0.717) is 45.0 Å². The summed E-state index contributed by atoms with van der Waals surface area (Å²) in [5, 5.41) is 0. The molecule has 4 aliphatic rings. The van der Waals surface area contributed by atoms with Gasteiger partial charge in [0.2, 0.25) is 0 Å². The van der Waals surface area contributed by atoms with Crippen molar-refractivity contribution >= 4 is 17.9 Å². The Balaban J connectivity index is 1.41. The summed E-state index contributed by atoms with van der Waals surface area (Å²) in [7, 11) is 0. The van der Waals surface area contributed by atoms with Gasteiger partial charge < -0.3 is 19.1 Å². The number of unbranched alkanes of at least 4 members (excludes halogenated alkanes) is 16. The van der Waals surface area contributed by atoms with Crippen LogP contribution in [0.25, 0.3) is 0 Å². The van der Waals surface area contributed by atoms with E-state index in [9.17, 15) is 14.4 Å². The molecule has 4 fully saturated rings. The highest BCUT2D eigenvalue weighted by Crippen LogP contribution is 2.69. The normalized spacial score (nSPS) is 22.4. The van der Waals surface area contributed by atoms with Crippen LogP contribution in [0.4, 0.5) is 0 Å². The fourth-order valence-electron chi connectivity index (χ4n) is 12.3. The first-order chi connectivity index (χ1) is 33.2. The number of carbonyl (C=O) groups is 3. The van der Waals surface area contributed by atoms with Gasteiger partial charge in [0.1, 0.15) is 0 Å². The molecular weight excluding hydrogens is 843 g/mol. The smallest absolute Gasteiger partial charge is 0.305 e. The Hall–Kier alpha value is -2.67. The Labute approximate surface area is 418 Å². The molecule has 0 heterocycles. The topological polar surface area (TPSA) is 82.1 Å². The lowest BCUT2D eigenvalue weighted by atomic mass is 9.49. The number of carbonyl (C=O) groups excluding carboxylic acids is 3. The maximum Gasteiger partial charge on any atom is 0.305 e. The maximum atomic E-state index is 13.0. The molecular formula is C61H105NO6. The van der Waals surface area contributed by atoms with E-state index in [-0.39, 0.29) is 34.2 Å². The third-order valence-electron chi connectivity index (χ3n) is 15.9. The van der Waals surface area contributed by atoms with Crippen LogP contribution >= 0.6 is 0 Å². The van der Waals surface area contributed by atoms with E-state index in [4.69, 9.17) is 14.2 Å². The van der Waals surface area contributed by atoms with Gasteiger partial charge in [-0.2, -0.15) is 0 Å². The van der Waals surface area contributed by atoms with Crippen LogP contribution in [-0.2, 0) is 28.6 Å². The van der Waals surface area contributed by atoms with Gasteiger partial charge in [0.05, 0.1) is 19.8 Å². The van der Waals surface area contributed by atoms with Crippen LogP contribution in [0.3, 0.4) is 0 Å². The maximum absolute atomic E-state index is 13.0. The molecule has 0 aromatic rings. The summed E-state index contributed by atoms with van der Waals surface area (Å²) in [4.78, 5) is 41.1. The fraction of sp³-hybridized carbons (Fsp3) is 0.820. The number of nitrogens with zero attached hydrogens (tertiary/aromatic N) is 1. The molecule has 0 radical (unpaired) electrons. The molecule has 390 valence electrons. The molecule has 7 nitrogen and oxygen atoms in total. The Bertz CT molecular complexity index is 1450. The highest BCUT2D eigenvalue weighted by atomic mass is 16.5. The molecule has 4 aliphatic carbocycles. The summed E-state index contributed by atoms with van der Waals surface area (Å²) in [5.74, 6) is 0.448. The van der Waals surface area contributed by atoms with Crippen molar-refractivity contribution in [1.29, 1.82) is 0 Å². The monoisotopic (exact) mass is 948 g/mol. The first kappa shape index (κ1) is 59.6. The molecule has 68 heavy (non-hydrogen) atoms. The van der Waals surface area contributed by atoms with E-state index in [1.165, 1.54) is 109 Å². The summed E-state index contributed by atoms with van der Waals surface area (Å²) >= 11 is 0. The second-order valence-electron chi connectivity index (χ2n) is 21.8. The molecule has 0 saturated heterocycles. The number of esters is 3. The predicted molar refractivity (Wildman–Crippen MR) is 286 cm³/mol. The predicted octanol–water partition coefficient (Wildman–Crippen LogP) is 16.9. The zero-order chi connectivity index (χ0) is 48.9. The molecule has 4 rings (SSSR count). The van der Waals surface area contributed by atoms with Gasteiger partial charge in [-0.25, -0.2) is 0 Å². The summed E-state index contributed by atoms with van der Waals surface area (Å²) < 4.78 is 17.9. The Morgan fingerprint density at radius 3 is 1.21 bits per heavy atom. The highest BCUT2D eigenvalue weighted by Gasteiger charge is 2.58. The van der Waals surface area contributed by atoms with Gasteiger partial charge in [0.15, 0.2) is 0 Å². The lowest BCUT2D eigenvalue weighted by Crippen LogP contribution is -2.46. The van der Waals surface area contributed by atoms with Crippen molar-refractivity contribution in [2.24, 2.45) is 22.2 Å². The van der Waals surface area contributed by atoms with Crippen LogP contribution in [0.2, 0.25) is 0 Å². The SMILES string of the molecule is CCCCC/C=C\C/C=C\CCCCCCCC(=O)OCCC12CCC3(CCOC(=O)CCCN(CC)CC)CC(C1)CC(CCOC(=O)CCCCCCC/C=C\C/C=C\CCCCC)(C2)C3. The van der Waals surface area contributed by atoms with Crippen molar-refractivity contribution in [2.45, 2.75) is 259 Å². The van der Waals surface area contributed by atoms with Crippen LogP contribution in [0.15, 0.2) is 48.6 Å². The van der Waals surface area contributed by atoms with Crippen molar-refractivity contribution in [3.63, 3.8) is 0 Å². The molecule has 4 unspecified atom stereocenters. The zero-order valence-electron chi connectivity index (χ0n) is 44.8. The molecule has 0 N–H and O–H groups in total. The number of allylic oxidation sites excluding steroid dienone is 8. The van der Waals surface area contributed by atoms with Gasteiger partial charge in [-0.15, -0.1) is 0 Å². The van der Waals surface area contributed by atoms with E-state index in [0.717, 1.165) is 122 Å². The minimum absolute atomic E-state index is 0.0431. The standard InChI is InChI=1S/C61H105NO6/c1-5-9-11-13-15-17-19-21-23-25-27-29-31-33-35-38-56(63)66-47-43-59-41-42-60(44-48-67-58(65)40-37-46-62(7-3)8-4)51-55(50-59)52-61(53-59,54-60)45-49-68-57(64)39-36-34-32-30-28-26-24-22-20-18-16-14-12-10-6-2/h15-18,21-24,55H,5-14,19-20,25-54H2,1-4H3/b17-15-,18-16-,23-21-,24-22-. The second kappa shape index (κ2) is 37.2. The Morgan fingerprint density at radius 2 is 0.794 bits per heavy atom. The minimum atomic E-state index is -0.0670. The van der Waals surface area contributed by atoms with Gasteiger partial charge in [-0.3, -0.25) is 14.4 Å². The number of ether oxygens (including phenoxy) is 3. The van der Waals surface area contributed by atoms with Crippen molar-refractivity contribution in [1.82, 2.24) is 4.90 Å². The van der Waals surface area contributed by atoms with Gasteiger partial charge in [-0.1, -0.05) is 141 Å². The largest absolute Gasteiger partial charge is 0.466 e. The summed E-state index contributed by atoms with van der Waals surface area (Å²) in [6.45, 7) is 13.3. The van der Waals surface area contributed by atoms with Crippen molar-refractivity contribution in [3.8, 4) is 0 Å². The van der Waals surface area contributed by atoms with Crippen LogP contribution < -0.4 is 0 Å². The number of rotatable bonds is 43. The van der Waals surface area contributed by atoms with Gasteiger partial charge >= 0.3 is 17.9 Å². The first-order valence-electron chi connectivity index (χ1n) is 29.0. The number of hydrogen-bond acceptors (Lipinski definition) is 7. The van der Waals surface area contributed by atoms with E-state index in [1.54, 1.807) is 0 Å². The lowest BCUT2D eigenvalue weighted by Gasteiger charge is -2.56. The molecule has 0 aromatic heterocycles. The second-order valence-corrected chi connectivity index (χ2v) is 21.8. The molecule has 0 aromatic carbocycles. The van der Waals surface area contributed by atoms with Gasteiger partial charge in [-0.05, 0) is 189 Å². The molecule has 0 amide bonds. The average molecular weight is 949 g/mol. The van der Waals surface area contributed by atoms with Crippen molar-refractivity contribution < 1.29 is 28.6 Å². The average Bonchev–Trinajstić information content (AvgIpc) is 3.49. The van der Waals surface area contributed by atoms with E-state index in [1.807, 2.05) is 0 Å².